The van der Waals surface area contributed by atoms with Crippen LogP contribution in [0.3, 0.4) is 0 Å². The summed E-state index contributed by atoms with van der Waals surface area (Å²) in [5, 5.41) is 10.4. The Hall–Kier alpha value is -1.80. The predicted octanol–water partition coefficient (Wildman–Crippen LogP) is 4.03. The SMILES string of the molecule is CCCCN(CC(O)c1ccccc1)c1ccccc1. The smallest absolute Gasteiger partial charge is 0.0964 e. The summed E-state index contributed by atoms with van der Waals surface area (Å²) in [7, 11) is 0. The van der Waals surface area contributed by atoms with Crippen LogP contribution < -0.4 is 4.90 Å². The maximum Gasteiger partial charge on any atom is 0.0964 e. The molecule has 1 N–H and O–H groups in total. The lowest BCUT2D eigenvalue weighted by atomic mass is 10.1. The lowest BCUT2D eigenvalue weighted by Crippen LogP contribution is -2.29. The van der Waals surface area contributed by atoms with Crippen molar-refractivity contribution in [3.8, 4) is 0 Å². The molecule has 0 spiro atoms. The number of anilines is 1. The first kappa shape index (κ1) is 14.6. The highest BCUT2D eigenvalue weighted by molar-refractivity contribution is 5.46. The third kappa shape index (κ3) is 4.10. The summed E-state index contributed by atoms with van der Waals surface area (Å²) in [6.07, 6.45) is 1.84. The van der Waals surface area contributed by atoms with E-state index in [4.69, 9.17) is 0 Å². The molecule has 0 aromatic heterocycles. The van der Waals surface area contributed by atoms with Gasteiger partial charge in [0, 0.05) is 18.8 Å². The molecule has 106 valence electrons. The maximum atomic E-state index is 10.4. The number of nitrogens with zero attached hydrogens (tertiary/aromatic N) is 1. The number of benzene rings is 2. The van der Waals surface area contributed by atoms with Crippen molar-refractivity contribution < 1.29 is 5.11 Å². The van der Waals surface area contributed by atoms with Gasteiger partial charge in [-0.25, -0.2) is 0 Å². The van der Waals surface area contributed by atoms with Gasteiger partial charge in [0.2, 0.25) is 0 Å². The zero-order valence-electron chi connectivity index (χ0n) is 12.1. The highest BCUT2D eigenvalue weighted by Crippen LogP contribution is 2.20. The minimum absolute atomic E-state index is 0.451. The van der Waals surface area contributed by atoms with E-state index in [-0.39, 0.29) is 0 Å². The molecule has 0 heterocycles. The summed E-state index contributed by atoms with van der Waals surface area (Å²) < 4.78 is 0. The maximum absolute atomic E-state index is 10.4. The Morgan fingerprint density at radius 2 is 1.55 bits per heavy atom. The quantitative estimate of drug-likeness (QED) is 0.820. The van der Waals surface area contributed by atoms with Crippen LogP contribution in [0.4, 0.5) is 5.69 Å². The lowest BCUT2D eigenvalue weighted by Gasteiger charge is -2.27. The standard InChI is InChI=1S/C18H23NO/c1-2-3-14-19(17-12-8-5-9-13-17)15-18(20)16-10-6-4-7-11-16/h4-13,18,20H,2-3,14-15H2,1H3. The average Bonchev–Trinajstić information content (AvgIpc) is 2.53. The zero-order valence-corrected chi connectivity index (χ0v) is 12.1. The fraction of sp³-hybridized carbons (Fsp3) is 0.333. The van der Waals surface area contributed by atoms with E-state index in [0.717, 1.165) is 24.9 Å². The lowest BCUT2D eigenvalue weighted by molar-refractivity contribution is 0.183. The number of hydrogen-bond acceptors (Lipinski definition) is 2. The van der Waals surface area contributed by atoms with Gasteiger partial charge in [0.15, 0.2) is 0 Å². The van der Waals surface area contributed by atoms with Crippen LogP contribution in [-0.4, -0.2) is 18.2 Å². The van der Waals surface area contributed by atoms with Crippen molar-refractivity contribution in [3.05, 3.63) is 66.2 Å². The molecule has 2 rings (SSSR count). The molecule has 0 amide bonds. The van der Waals surface area contributed by atoms with E-state index in [0.29, 0.717) is 6.54 Å². The van der Waals surface area contributed by atoms with Crippen molar-refractivity contribution >= 4 is 5.69 Å². The van der Waals surface area contributed by atoms with Crippen LogP contribution in [0.15, 0.2) is 60.7 Å². The molecular weight excluding hydrogens is 246 g/mol. The molecule has 0 saturated heterocycles. The predicted molar refractivity (Wildman–Crippen MR) is 85.0 cm³/mol. The Kier molecular flexibility index (Phi) is 5.63. The van der Waals surface area contributed by atoms with Crippen molar-refractivity contribution in [2.75, 3.05) is 18.0 Å². The van der Waals surface area contributed by atoms with E-state index in [2.05, 4.69) is 24.0 Å². The summed E-state index contributed by atoms with van der Waals surface area (Å²) in [5.41, 5.74) is 2.15. The van der Waals surface area contributed by atoms with Crippen LogP contribution in [-0.2, 0) is 0 Å². The summed E-state index contributed by atoms with van der Waals surface area (Å²) in [4.78, 5) is 2.27. The van der Waals surface area contributed by atoms with Gasteiger partial charge in [-0.2, -0.15) is 0 Å². The van der Waals surface area contributed by atoms with E-state index in [1.54, 1.807) is 0 Å². The largest absolute Gasteiger partial charge is 0.387 e. The van der Waals surface area contributed by atoms with Gasteiger partial charge in [0.05, 0.1) is 6.10 Å². The molecule has 20 heavy (non-hydrogen) atoms. The zero-order chi connectivity index (χ0) is 14.2. The monoisotopic (exact) mass is 269 g/mol. The molecule has 0 radical (unpaired) electrons. The Morgan fingerprint density at radius 3 is 2.15 bits per heavy atom. The van der Waals surface area contributed by atoms with E-state index >= 15 is 0 Å². The summed E-state index contributed by atoms with van der Waals surface area (Å²) >= 11 is 0. The number of aliphatic hydroxyl groups is 1. The number of hydrogen-bond donors (Lipinski definition) is 1. The molecular formula is C18H23NO. The molecule has 2 heteroatoms. The van der Waals surface area contributed by atoms with Crippen LogP contribution in [0, 0.1) is 0 Å². The van der Waals surface area contributed by atoms with Crippen molar-refractivity contribution in [3.63, 3.8) is 0 Å². The second-order valence-corrected chi connectivity index (χ2v) is 5.06. The summed E-state index contributed by atoms with van der Waals surface area (Å²) in [6.45, 7) is 3.80. The molecule has 0 aliphatic heterocycles. The third-order valence-corrected chi connectivity index (χ3v) is 3.48. The van der Waals surface area contributed by atoms with Gasteiger partial charge in [0.1, 0.15) is 0 Å². The molecule has 0 aliphatic rings. The van der Waals surface area contributed by atoms with Gasteiger partial charge < -0.3 is 10.0 Å². The Balaban J connectivity index is 2.08. The molecule has 0 saturated carbocycles. The first-order valence-corrected chi connectivity index (χ1v) is 7.34. The van der Waals surface area contributed by atoms with Gasteiger partial charge in [-0.05, 0) is 24.1 Å². The minimum atomic E-state index is -0.451. The van der Waals surface area contributed by atoms with Crippen molar-refractivity contribution in [1.82, 2.24) is 0 Å². The highest BCUT2D eigenvalue weighted by Gasteiger charge is 2.13. The van der Waals surface area contributed by atoms with Crippen molar-refractivity contribution in [2.45, 2.75) is 25.9 Å². The van der Waals surface area contributed by atoms with Gasteiger partial charge in [-0.1, -0.05) is 61.9 Å². The molecule has 2 aromatic carbocycles. The van der Waals surface area contributed by atoms with Gasteiger partial charge in [0.25, 0.3) is 0 Å². The summed E-state index contributed by atoms with van der Waals surface area (Å²) in [6, 6.07) is 20.2. The topological polar surface area (TPSA) is 23.5 Å². The van der Waals surface area contributed by atoms with Crippen molar-refractivity contribution in [2.24, 2.45) is 0 Å². The minimum Gasteiger partial charge on any atom is -0.387 e. The molecule has 1 unspecified atom stereocenters. The van der Waals surface area contributed by atoms with Gasteiger partial charge in [-0.3, -0.25) is 0 Å². The van der Waals surface area contributed by atoms with Crippen molar-refractivity contribution in [1.29, 1.82) is 0 Å². The molecule has 2 aromatic rings. The Labute approximate surface area is 121 Å². The molecule has 0 fully saturated rings. The first-order chi connectivity index (χ1) is 9.81. The van der Waals surface area contributed by atoms with E-state index in [1.165, 1.54) is 5.69 Å². The fourth-order valence-corrected chi connectivity index (χ4v) is 2.30. The highest BCUT2D eigenvalue weighted by atomic mass is 16.3. The normalized spacial score (nSPS) is 12.1. The van der Waals surface area contributed by atoms with Gasteiger partial charge in [-0.15, -0.1) is 0 Å². The number of para-hydroxylation sites is 1. The van der Waals surface area contributed by atoms with Crippen LogP contribution in [0.25, 0.3) is 0 Å². The average molecular weight is 269 g/mol. The molecule has 0 aliphatic carbocycles. The van der Waals surface area contributed by atoms with Gasteiger partial charge >= 0.3 is 0 Å². The third-order valence-electron chi connectivity index (χ3n) is 3.48. The van der Waals surface area contributed by atoms with Crippen LogP contribution >= 0.6 is 0 Å². The Morgan fingerprint density at radius 1 is 0.950 bits per heavy atom. The van der Waals surface area contributed by atoms with Crippen LogP contribution in [0.1, 0.15) is 31.4 Å². The fourth-order valence-electron chi connectivity index (χ4n) is 2.30. The number of rotatable bonds is 7. The second-order valence-electron chi connectivity index (χ2n) is 5.06. The van der Waals surface area contributed by atoms with E-state index in [1.807, 2.05) is 48.5 Å². The summed E-state index contributed by atoms with van der Waals surface area (Å²) in [5.74, 6) is 0. The first-order valence-electron chi connectivity index (χ1n) is 7.34. The second kappa shape index (κ2) is 7.71. The van der Waals surface area contributed by atoms with Crippen LogP contribution in [0.2, 0.25) is 0 Å². The number of aliphatic hydroxyl groups excluding tert-OH is 1. The van der Waals surface area contributed by atoms with E-state index in [9.17, 15) is 5.11 Å². The van der Waals surface area contributed by atoms with Crippen LogP contribution in [0.5, 0.6) is 0 Å². The molecule has 1 atom stereocenters. The number of unbranched alkanes of at least 4 members (excludes halogenated alkanes) is 1. The van der Waals surface area contributed by atoms with E-state index < -0.39 is 6.10 Å². The molecule has 2 nitrogen and oxygen atoms in total. The molecule has 0 bridgehead atoms. The Bertz CT molecular complexity index is 483.